The third-order valence-corrected chi connectivity index (χ3v) is 2.02. The van der Waals surface area contributed by atoms with Crippen LogP contribution in [0.3, 0.4) is 0 Å². The van der Waals surface area contributed by atoms with Crippen LogP contribution in [0, 0.1) is 0 Å². The molecule has 3 N–H and O–H groups in total. The first-order valence-electron chi connectivity index (χ1n) is 5.17. The minimum atomic E-state index is -4.78. The number of amides is 1. The molecule has 8 heteroatoms. The molecule has 0 heterocycles. The smallest absolute Gasteiger partial charge is 0.406 e. The van der Waals surface area contributed by atoms with E-state index < -0.39 is 30.3 Å². The van der Waals surface area contributed by atoms with Crippen LogP contribution in [0.15, 0.2) is 24.3 Å². The second-order valence-electron chi connectivity index (χ2n) is 3.51. The molecule has 19 heavy (non-hydrogen) atoms. The molecule has 1 aromatic carbocycles. The maximum Gasteiger partial charge on any atom is 0.573 e. The van der Waals surface area contributed by atoms with Gasteiger partial charge in [-0.25, -0.2) is 0 Å². The van der Waals surface area contributed by atoms with Gasteiger partial charge in [0.05, 0.1) is 6.54 Å². The number of hydrogen-bond acceptors (Lipinski definition) is 4. The van der Waals surface area contributed by atoms with Gasteiger partial charge in [0.1, 0.15) is 5.75 Å². The molecule has 1 aromatic rings. The van der Waals surface area contributed by atoms with E-state index in [1.165, 1.54) is 12.1 Å². The van der Waals surface area contributed by atoms with Gasteiger partial charge in [-0.2, -0.15) is 0 Å². The Morgan fingerprint density at radius 1 is 1.32 bits per heavy atom. The van der Waals surface area contributed by atoms with E-state index in [4.69, 9.17) is 5.73 Å². The van der Waals surface area contributed by atoms with Gasteiger partial charge in [-0.05, 0) is 17.7 Å². The number of benzene rings is 1. The van der Waals surface area contributed by atoms with Crippen molar-refractivity contribution in [3.05, 3.63) is 29.8 Å². The average Bonchev–Trinajstić information content (AvgIpc) is 2.33. The summed E-state index contributed by atoms with van der Waals surface area (Å²) in [6, 6.07) is 5.06. The Bertz CT molecular complexity index is 474. The molecular weight excluding hydrogens is 265 g/mol. The van der Waals surface area contributed by atoms with Crippen LogP contribution in [0.5, 0.6) is 5.75 Å². The summed E-state index contributed by atoms with van der Waals surface area (Å²) in [5.41, 5.74) is 5.34. The number of nitrogens with two attached hydrogens (primary N) is 1. The van der Waals surface area contributed by atoms with Crippen molar-refractivity contribution in [2.45, 2.75) is 12.9 Å². The SMILES string of the molecule is NCC(=O)C(=O)NCc1cccc(OC(F)(F)F)c1. The lowest BCUT2D eigenvalue weighted by Gasteiger charge is -2.10. The third-order valence-electron chi connectivity index (χ3n) is 2.02. The van der Waals surface area contributed by atoms with E-state index in [1.807, 2.05) is 0 Å². The Kier molecular flexibility index (Phi) is 4.87. The van der Waals surface area contributed by atoms with Crippen LogP contribution < -0.4 is 15.8 Å². The van der Waals surface area contributed by atoms with Crippen LogP contribution in [-0.4, -0.2) is 24.6 Å². The van der Waals surface area contributed by atoms with Crippen LogP contribution in [-0.2, 0) is 16.1 Å². The molecule has 0 fully saturated rings. The first-order chi connectivity index (χ1) is 8.81. The summed E-state index contributed by atoms with van der Waals surface area (Å²) in [6.07, 6.45) is -4.78. The van der Waals surface area contributed by atoms with Crippen molar-refractivity contribution >= 4 is 11.7 Å². The van der Waals surface area contributed by atoms with Crippen LogP contribution in [0.1, 0.15) is 5.56 Å². The van der Waals surface area contributed by atoms with Crippen molar-refractivity contribution in [3.8, 4) is 5.75 Å². The van der Waals surface area contributed by atoms with Crippen molar-refractivity contribution in [2.75, 3.05) is 6.54 Å². The van der Waals surface area contributed by atoms with Crippen LogP contribution >= 0.6 is 0 Å². The largest absolute Gasteiger partial charge is 0.573 e. The maximum absolute atomic E-state index is 12.0. The van der Waals surface area contributed by atoms with Gasteiger partial charge in [-0.3, -0.25) is 9.59 Å². The molecule has 1 amide bonds. The molecule has 1 rings (SSSR count). The molecule has 0 aliphatic rings. The molecule has 0 spiro atoms. The van der Waals surface area contributed by atoms with E-state index in [0.717, 1.165) is 12.1 Å². The number of carbonyl (C=O) groups is 2. The molecule has 0 saturated heterocycles. The number of alkyl halides is 3. The fourth-order valence-corrected chi connectivity index (χ4v) is 1.23. The normalized spacial score (nSPS) is 10.9. The minimum Gasteiger partial charge on any atom is -0.406 e. The van der Waals surface area contributed by atoms with E-state index in [-0.39, 0.29) is 6.54 Å². The topological polar surface area (TPSA) is 81.4 Å². The Hall–Kier alpha value is -2.09. The van der Waals surface area contributed by atoms with Crippen molar-refractivity contribution in [1.82, 2.24) is 5.32 Å². The zero-order chi connectivity index (χ0) is 14.5. The molecule has 104 valence electrons. The first kappa shape index (κ1) is 15.0. The minimum absolute atomic E-state index is 0.0976. The second-order valence-corrected chi connectivity index (χ2v) is 3.51. The van der Waals surface area contributed by atoms with Crippen molar-refractivity contribution in [2.24, 2.45) is 5.73 Å². The number of halogens is 3. The van der Waals surface area contributed by atoms with E-state index in [2.05, 4.69) is 10.1 Å². The van der Waals surface area contributed by atoms with E-state index in [9.17, 15) is 22.8 Å². The molecule has 0 aliphatic heterocycles. The first-order valence-corrected chi connectivity index (χ1v) is 5.17. The molecule has 5 nitrogen and oxygen atoms in total. The van der Waals surface area contributed by atoms with Crippen LogP contribution in [0.2, 0.25) is 0 Å². The van der Waals surface area contributed by atoms with Gasteiger partial charge in [0.15, 0.2) is 0 Å². The predicted molar refractivity (Wildman–Crippen MR) is 59.0 cm³/mol. The maximum atomic E-state index is 12.0. The summed E-state index contributed by atoms with van der Waals surface area (Å²) in [5.74, 6) is -2.09. The van der Waals surface area contributed by atoms with Gasteiger partial charge < -0.3 is 15.8 Å². The summed E-state index contributed by atoms with van der Waals surface area (Å²) >= 11 is 0. The fraction of sp³-hybridized carbons (Fsp3) is 0.273. The van der Waals surface area contributed by atoms with Gasteiger partial charge in [-0.15, -0.1) is 13.2 Å². The molecule has 0 saturated carbocycles. The number of Topliss-reactive ketones (excluding diaryl/α,β-unsaturated/α-hetero) is 1. The summed E-state index contributed by atoms with van der Waals surface area (Å²) in [5, 5.41) is 2.23. The summed E-state index contributed by atoms with van der Waals surface area (Å²) in [7, 11) is 0. The zero-order valence-corrected chi connectivity index (χ0v) is 9.66. The monoisotopic (exact) mass is 276 g/mol. The lowest BCUT2D eigenvalue weighted by atomic mass is 10.2. The van der Waals surface area contributed by atoms with Crippen LogP contribution in [0.4, 0.5) is 13.2 Å². The van der Waals surface area contributed by atoms with Crippen LogP contribution in [0.25, 0.3) is 0 Å². The lowest BCUT2D eigenvalue weighted by molar-refractivity contribution is -0.274. The quantitative estimate of drug-likeness (QED) is 0.777. The zero-order valence-electron chi connectivity index (χ0n) is 9.66. The Balaban J connectivity index is 2.63. The molecule has 0 atom stereocenters. The van der Waals surface area contributed by atoms with E-state index in [1.54, 1.807) is 0 Å². The Morgan fingerprint density at radius 2 is 2.00 bits per heavy atom. The summed E-state index contributed by atoms with van der Waals surface area (Å²) in [6.45, 7) is -0.525. The molecule has 0 radical (unpaired) electrons. The second kappa shape index (κ2) is 6.19. The molecule has 0 unspecified atom stereocenters. The van der Waals surface area contributed by atoms with Gasteiger partial charge in [0.2, 0.25) is 5.78 Å². The highest BCUT2D eigenvalue weighted by atomic mass is 19.4. The molecular formula is C11H11F3N2O3. The molecule has 0 bridgehead atoms. The third kappa shape index (κ3) is 5.38. The van der Waals surface area contributed by atoms with E-state index >= 15 is 0 Å². The van der Waals surface area contributed by atoms with Crippen molar-refractivity contribution in [3.63, 3.8) is 0 Å². The Morgan fingerprint density at radius 3 is 2.58 bits per heavy atom. The predicted octanol–water partition coefficient (Wildman–Crippen LogP) is 0.729. The highest BCUT2D eigenvalue weighted by Gasteiger charge is 2.31. The van der Waals surface area contributed by atoms with Gasteiger partial charge in [0.25, 0.3) is 5.91 Å². The van der Waals surface area contributed by atoms with Crippen molar-refractivity contribution in [1.29, 1.82) is 0 Å². The van der Waals surface area contributed by atoms with Crippen molar-refractivity contribution < 1.29 is 27.5 Å². The molecule has 0 aromatic heterocycles. The van der Waals surface area contributed by atoms with Gasteiger partial charge in [0, 0.05) is 6.54 Å². The molecule has 0 aliphatic carbocycles. The number of ketones is 1. The number of nitrogens with one attached hydrogen (secondary N) is 1. The average molecular weight is 276 g/mol. The van der Waals surface area contributed by atoms with Gasteiger partial charge in [-0.1, -0.05) is 12.1 Å². The fourth-order valence-electron chi connectivity index (χ4n) is 1.23. The van der Waals surface area contributed by atoms with Gasteiger partial charge >= 0.3 is 6.36 Å². The number of carbonyl (C=O) groups excluding carboxylic acids is 2. The Labute approximate surface area is 106 Å². The van der Waals surface area contributed by atoms with E-state index in [0.29, 0.717) is 5.56 Å². The summed E-state index contributed by atoms with van der Waals surface area (Å²) in [4.78, 5) is 22.0. The standard InChI is InChI=1S/C11H11F3N2O3/c12-11(13,14)19-8-3-1-2-7(4-8)6-16-10(18)9(17)5-15/h1-4H,5-6,15H2,(H,16,18). The lowest BCUT2D eigenvalue weighted by Crippen LogP contribution is -2.34. The number of hydrogen-bond donors (Lipinski definition) is 2. The summed E-state index contributed by atoms with van der Waals surface area (Å²) < 4.78 is 39.7. The number of ether oxygens (including phenoxy) is 1. The highest BCUT2D eigenvalue weighted by Crippen LogP contribution is 2.23. The highest BCUT2D eigenvalue weighted by molar-refractivity contribution is 6.36. The number of rotatable bonds is 5.